The van der Waals surface area contributed by atoms with Crippen molar-refractivity contribution < 1.29 is 29.3 Å². The quantitative estimate of drug-likeness (QED) is 0.353. The number of hydrogen-bond donors (Lipinski definition) is 4. The number of nitrogens with one attached hydrogen (secondary N) is 2. The first-order valence-corrected chi connectivity index (χ1v) is 13.9. The van der Waals surface area contributed by atoms with Crippen LogP contribution < -0.4 is 10.6 Å². The number of aliphatic hydroxyl groups is 2. The fraction of sp³-hybridized carbons (Fsp3) is 0.731. The normalized spacial score (nSPS) is 31.6. The number of morpholine rings is 1. The van der Waals surface area contributed by atoms with E-state index in [-0.39, 0.29) is 42.8 Å². The Labute approximate surface area is 222 Å². The summed E-state index contributed by atoms with van der Waals surface area (Å²) in [5.74, 6) is -0.303. The first-order chi connectivity index (χ1) is 17.7. The Balaban J connectivity index is 1.55. The SMILES string of the molecule is C=CCOC(=O)Nc1nc2c(s1)CC1C(C)(CO)C(O)CCC1(C)C2CC(=O)NCCN1CCOCC1. The molecule has 0 spiro atoms. The fourth-order valence-electron chi connectivity index (χ4n) is 6.39. The summed E-state index contributed by atoms with van der Waals surface area (Å²) in [5, 5.41) is 27.5. The largest absolute Gasteiger partial charge is 0.445 e. The van der Waals surface area contributed by atoms with E-state index in [2.05, 4.69) is 29.0 Å². The molecule has 10 nitrogen and oxygen atoms in total. The van der Waals surface area contributed by atoms with Gasteiger partial charge < -0.3 is 25.0 Å². The van der Waals surface area contributed by atoms with E-state index in [1.54, 1.807) is 0 Å². The molecule has 0 bridgehead atoms. The van der Waals surface area contributed by atoms with E-state index in [1.807, 2.05) is 6.92 Å². The van der Waals surface area contributed by atoms with E-state index in [9.17, 15) is 19.8 Å². The van der Waals surface area contributed by atoms with Gasteiger partial charge in [0.2, 0.25) is 5.91 Å². The second kappa shape index (κ2) is 11.8. The highest BCUT2D eigenvalue weighted by molar-refractivity contribution is 7.15. The topological polar surface area (TPSA) is 133 Å². The maximum Gasteiger partial charge on any atom is 0.413 e. The van der Waals surface area contributed by atoms with Gasteiger partial charge in [0.1, 0.15) is 6.61 Å². The van der Waals surface area contributed by atoms with Crippen molar-refractivity contribution in [3.05, 3.63) is 23.2 Å². The first kappa shape index (κ1) is 28.0. The molecule has 1 saturated heterocycles. The standard InChI is InChI=1S/C26H40N4O6S/c1-4-11-36-24(34)29-23-28-22-17(14-21(33)27-7-8-30-9-12-35-13-10-30)25(2)6-5-20(32)26(3,16-31)19(25)15-18(22)37-23/h4,17,19-20,31-32H,1,5-16H2,2-3H3,(H,27,33)(H,28,29,34). The molecule has 5 unspecified atom stereocenters. The molecule has 1 aromatic rings. The van der Waals surface area contributed by atoms with Crippen LogP contribution in [0.4, 0.5) is 9.93 Å². The molecule has 1 aromatic heterocycles. The number of anilines is 1. The van der Waals surface area contributed by atoms with Gasteiger partial charge in [-0.15, -0.1) is 11.3 Å². The maximum atomic E-state index is 13.2. The Morgan fingerprint density at radius 1 is 1.35 bits per heavy atom. The summed E-state index contributed by atoms with van der Waals surface area (Å²) < 4.78 is 10.4. The van der Waals surface area contributed by atoms with Crippen molar-refractivity contribution in [3.8, 4) is 0 Å². The number of aliphatic hydroxyl groups excluding tert-OH is 2. The average Bonchev–Trinajstić information content (AvgIpc) is 3.29. The lowest BCUT2D eigenvalue weighted by Crippen LogP contribution is -2.57. The number of ether oxygens (including phenoxy) is 2. The van der Waals surface area contributed by atoms with Gasteiger partial charge in [-0.25, -0.2) is 9.78 Å². The highest BCUT2D eigenvalue weighted by Gasteiger charge is 2.59. The minimum absolute atomic E-state index is 0.0455. The highest BCUT2D eigenvalue weighted by Crippen LogP contribution is 2.62. The molecule has 3 aliphatic rings. The van der Waals surface area contributed by atoms with E-state index >= 15 is 0 Å². The van der Waals surface area contributed by atoms with Crippen LogP contribution in [0.5, 0.6) is 0 Å². The van der Waals surface area contributed by atoms with Gasteiger partial charge >= 0.3 is 6.09 Å². The predicted molar refractivity (Wildman–Crippen MR) is 141 cm³/mol. The summed E-state index contributed by atoms with van der Waals surface area (Å²) in [6.45, 7) is 12.1. The molecular weight excluding hydrogens is 496 g/mol. The smallest absolute Gasteiger partial charge is 0.413 e. The van der Waals surface area contributed by atoms with Gasteiger partial charge in [0.15, 0.2) is 5.13 Å². The van der Waals surface area contributed by atoms with Gasteiger partial charge in [0.25, 0.3) is 0 Å². The summed E-state index contributed by atoms with van der Waals surface area (Å²) in [6, 6.07) is 0. The summed E-state index contributed by atoms with van der Waals surface area (Å²) in [6.07, 6.45) is 2.41. The Kier molecular flexibility index (Phi) is 8.90. The van der Waals surface area contributed by atoms with Crippen LogP contribution >= 0.6 is 11.3 Å². The van der Waals surface area contributed by atoms with Crippen molar-refractivity contribution in [3.63, 3.8) is 0 Å². The number of rotatable bonds is 9. The van der Waals surface area contributed by atoms with Crippen molar-refractivity contribution in [2.24, 2.45) is 16.7 Å². The molecule has 0 radical (unpaired) electrons. The molecule has 2 amide bonds. The molecule has 11 heteroatoms. The lowest BCUT2D eigenvalue weighted by molar-refractivity contribution is -0.144. The van der Waals surface area contributed by atoms with Crippen LogP contribution in [0.2, 0.25) is 0 Å². The van der Waals surface area contributed by atoms with Crippen molar-refractivity contribution in [1.82, 2.24) is 15.2 Å². The zero-order valence-corrected chi connectivity index (χ0v) is 22.6. The van der Waals surface area contributed by atoms with E-state index in [0.717, 1.165) is 49.8 Å². The number of carbonyl (C=O) groups excluding carboxylic acids is 2. The Hall–Kier alpha value is -2.05. The van der Waals surface area contributed by atoms with E-state index in [0.29, 0.717) is 24.5 Å². The highest BCUT2D eigenvalue weighted by atomic mass is 32.1. The van der Waals surface area contributed by atoms with Crippen LogP contribution in [0.3, 0.4) is 0 Å². The molecule has 0 aromatic carbocycles. The second-order valence-electron chi connectivity index (χ2n) is 10.9. The molecule has 2 fully saturated rings. The van der Waals surface area contributed by atoms with Gasteiger partial charge in [-0.3, -0.25) is 15.0 Å². The zero-order valence-electron chi connectivity index (χ0n) is 21.8. The molecule has 37 heavy (non-hydrogen) atoms. The minimum Gasteiger partial charge on any atom is -0.445 e. The Morgan fingerprint density at radius 2 is 2.11 bits per heavy atom. The number of hydrogen-bond acceptors (Lipinski definition) is 9. The number of amides is 2. The van der Waals surface area contributed by atoms with Gasteiger partial charge in [0, 0.05) is 48.8 Å². The Bertz CT molecular complexity index is 982. The lowest BCUT2D eigenvalue weighted by atomic mass is 9.47. The Morgan fingerprint density at radius 3 is 2.81 bits per heavy atom. The van der Waals surface area contributed by atoms with Crippen LogP contribution in [-0.4, -0.2) is 90.8 Å². The zero-order chi connectivity index (χ0) is 26.6. The van der Waals surface area contributed by atoms with Crippen LogP contribution in [-0.2, 0) is 20.7 Å². The molecule has 1 saturated carbocycles. The molecular formula is C26H40N4O6S. The van der Waals surface area contributed by atoms with Gasteiger partial charge in [-0.05, 0) is 30.6 Å². The van der Waals surface area contributed by atoms with Crippen LogP contribution in [0, 0.1) is 16.7 Å². The summed E-state index contributed by atoms with van der Waals surface area (Å²) in [5.41, 5.74) is -0.223. The summed E-state index contributed by atoms with van der Waals surface area (Å²) >= 11 is 1.37. The predicted octanol–water partition coefficient (Wildman–Crippen LogP) is 2.13. The van der Waals surface area contributed by atoms with E-state index < -0.39 is 17.6 Å². The van der Waals surface area contributed by atoms with Crippen LogP contribution in [0.25, 0.3) is 0 Å². The molecule has 2 aliphatic carbocycles. The maximum absolute atomic E-state index is 13.2. The number of carbonyl (C=O) groups is 2. The lowest BCUT2D eigenvalue weighted by Gasteiger charge is -2.58. The third kappa shape index (κ3) is 5.85. The molecule has 1 aliphatic heterocycles. The molecule has 4 rings (SSSR count). The number of nitrogens with zero attached hydrogens (tertiary/aromatic N) is 2. The van der Waals surface area contributed by atoms with Gasteiger partial charge in [-0.2, -0.15) is 0 Å². The molecule has 206 valence electrons. The summed E-state index contributed by atoms with van der Waals surface area (Å²) in [7, 11) is 0. The third-order valence-corrected chi connectivity index (χ3v) is 9.69. The minimum atomic E-state index is -0.698. The molecule has 5 atom stereocenters. The number of fused-ring (bicyclic) bond motifs is 2. The number of thiazole rings is 1. The van der Waals surface area contributed by atoms with Crippen molar-refractivity contribution in [2.75, 3.05) is 57.9 Å². The fourth-order valence-corrected chi connectivity index (χ4v) is 7.45. The molecule has 2 heterocycles. The van der Waals surface area contributed by atoms with Crippen molar-refractivity contribution in [2.45, 2.75) is 51.6 Å². The third-order valence-electron chi connectivity index (χ3n) is 8.68. The van der Waals surface area contributed by atoms with Crippen LogP contribution in [0.1, 0.15) is 49.6 Å². The van der Waals surface area contributed by atoms with Gasteiger partial charge in [0.05, 0.1) is 31.6 Å². The van der Waals surface area contributed by atoms with Crippen LogP contribution in [0.15, 0.2) is 12.7 Å². The molecule has 4 N–H and O–H groups in total. The number of aromatic nitrogens is 1. The van der Waals surface area contributed by atoms with E-state index in [1.165, 1.54) is 17.4 Å². The average molecular weight is 537 g/mol. The summed E-state index contributed by atoms with van der Waals surface area (Å²) in [4.78, 5) is 33.4. The first-order valence-electron chi connectivity index (χ1n) is 13.1. The monoisotopic (exact) mass is 536 g/mol. The van der Waals surface area contributed by atoms with Crippen molar-refractivity contribution >= 4 is 28.5 Å². The van der Waals surface area contributed by atoms with Gasteiger partial charge in [-0.1, -0.05) is 26.5 Å². The second-order valence-corrected chi connectivity index (χ2v) is 12.0. The van der Waals surface area contributed by atoms with Crippen molar-refractivity contribution in [1.29, 1.82) is 0 Å². The van der Waals surface area contributed by atoms with E-state index in [4.69, 9.17) is 14.5 Å².